The van der Waals surface area contributed by atoms with Gasteiger partial charge in [0.1, 0.15) is 0 Å². The second-order valence-electron chi connectivity index (χ2n) is 9.41. The number of benzene rings is 4. The number of aryl methyl sites for hydroxylation is 2. The van der Waals surface area contributed by atoms with Crippen molar-refractivity contribution in [2.75, 3.05) is 10.6 Å². The fourth-order valence-corrected chi connectivity index (χ4v) is 3.88. The van der Waals surface area contributed by atoms with Crippen molar-refractivity contribution in [2.45, 2.75) is 46.5 Å². The van der Waals surface area contributed by atoms with E-state index < -0.39 is 0 Å². The van der Waals surface area contributed by atoms with E-state index in [0.717, 1.165) is 16.7 Å². The zero-order valence-electron chi connectivity index (χ0n) is 22.9. The third-order valence-electron chi connectivity index (χ3n) is 5.83. The van der Waals surface area contributed by atoms with E-state index in [2.05, 4.69) is 24.5 Å². The first-order chi connectivity index (χ1) is 18.9. The average molecular weight is 521 g/mol. The van der Waals surface area contributed by atoms with Crippen LogP contribution in [-0.2, 0) is 22.4 Å². The van der Waals surface area contributed by atoms with Crippen LogP contribution < -0.4 is 10.6 Å². The zero-order valence-corrected chi connectivity index (χ0v) is 22.9. The van der Waals surface area contributed by atoms with Crippen LogP contribution in [0.2, 0.25) is 0 Å². The van der Waals surface area contributed by atoms with Crippen molar-refractivity contribution in [1.29, 1.82) is 0 Å². The Balaban J connectivity index is 0.00000134. The maximum absolute atomic E-state index is 13.3. The van der Waals surface area contributed by atoms with Crippen LogP contribution in [0.1, 0.15) is 59.3 Å². The van der Waals surface area contributed by atoms with E-state index in [-0.39, 0.29) is 24.0 Å². The molecule has 2 N–H and O–H groups in total. The molecule has 0 aliphatic carbocycles. The van der Waals surface area contributed by atoms with Crippen molar-refractivity contribution in [3.8, 4) is 0 Å². The molecule has 0 radical (unpaired) electrons. The van der Waals surface area contributed by atoms with Crippen LogP contribution in [0.15, 0.2) is 103 Å². The molecular formula is C34H36N2O3. The normalized spacial score (nSPS) is 10.1. The molecule has 0 fully saturated rings. The smallest absolute Gasteiger partial charge is 0.228 e. The van der Waals surface area contributed by atoms with Gasteiger partial charge in [0.15, 0.2) is 5.78 Å². The molecule has 0 bridgehead atoms. The molecule has 0 saturated heterocycles. The molecule has 0 unspecified atom stereocenters. The Morgan fingerprint density at radius 1 is 0.667 bits per heavy atom. The van der Waals surface area contributed by atoms with Gasteiger partial charge in [0, 0.05) is 23.2 Å². The van der Waals surface area contributed by atoms with Gasteiger partial charge in [-0.05, 0) is 42.7 Å². The molecule has 5 nitrogen and oxygen atoms in total. The lowest BCUT2D eigenvalue weighted by Crippen LogP contribution is -2.18. The van der Waals surface area contributed by atoms with E-state index in [1.165, 1.54) is 6.42 Å². The number of hydrogen-bond donors (Lipinski definition) is 2. The van der Waals surface area contributed by atoms with Gasteiger partial charge >= 0.3 is 0 Å². The molecule has 0 aliphatic heterocycles. The Bertz CT molecular complexity index is 1360. The summed E-state index contributed by atoms with van der Waals surface area (Å²) >= 11 is 0. The number of ketones is 1. The van der Waals surface area contributed by atoms with E-state index in [1.54, 1.807) is 42.5 Å². The minimum absolute atomic E-state index is 0.145. The molecule has 0 aliphatic rings. The van der Waals surface area contributed by atoms with Gasteiger partial charge in [0.05, 0.1) is 12.1 Å². The van der Waals surface area contributed by atoms with E-state index in [4.69, 9.17) is 0 Å². The number of rotatable bonds is 9. The lowest BCUT2D eigenvalue weighted by molar-refractivity contribution is -0.116. The lowest BCUT2D eigenvalue weighted by Gasteiger charge is -2.14. The molecule has 0 heterocycles. The lowest BCUT2D eigenvalue weighted by atomic mass is 10.0. The first-order valence-corrected chi connectivity index (χ1v) is 13.3. The van der Waals surface area contributed by atoms with Crippen LogP contribution in [0, 0.1) is 6.92 Å². The van der Waals surface area contributed by atoms with Crippen LogP contribution in [0.3, 0.4) is 0 Å². The van der Waals surface area contributed by atoms with Crippen molar-refractivity contribution in [2.24, 2.45) is 0 Å². The van der Waals surface area contributed by atoms with Crippen molar-refractivity contribution in [3.63, 3.8) is 0 Å². The third-order valence-corrected chi connectivity index (χ3v) is 5.83. The number of hydrogen-bond acceptors (Lipinski definition) is 3. The summed E-state index contributed by atoms with van der Waals surface area (Å²) in [5, 5.41) is 5.76. The Morgan fingerprint density at radius 2 is 1.28 bits per heavy atom. The molecule has 0 aromatic heterocycles. The third kappa shape index (κ3) is 9.38. The zero-order chi connectivity index (χ0) is 28.0. The Morgan fingerprint density at radius 3 is 1.92 bits per heavy atom. The summed E-state index contributed by atoms with van der Waals surface area (Å²) < 4.78 is 0. The molecular weight excluding hydrogens is 484 g/mol. The molecule has 0 atom stereocenters. The highest BCUT2D eigenvalue weighted by Gasteiger charge is 2.17. The van der Waals surface area contributed by atoms with Gasteiger partial charge in [-0.15, -0.1) is 0 Å². The first kappa shape index (κ1) is 29.1. The maximum Gasteiger partial charge on any atom is 0.228 e. The van der Waals surface area contributed by atoms with E-state index in [9.17, 15) is 14.4 Å². The molecule has 4 rings (SSSR count). The monoisotopic (exact) mass is 520 g/mol. The molecule has 4 aromatic carbocycles. The minimum atomic E-state index is -0.235. The quantitative estimate of drug-likeness (QED) is 0.226. The highest BCUT2D eigenvalue weighted by molar-refractivity contribution is 6.14. The van der Waals surface area contributed by atoms with Crippen LogP contribution >= 0.6 is 0 Å². The van der Waals surface area contributed by atoms with Crippen molar-refractivity contribution in [3.05, 3.63) is 131 Å². The molecule has 0 saturated carbocycles. The van der Waals surface area contributed by atoms with Gasteiger partial charge in [0.2, 0.25) is 11.8 Å². The largest absolute Gasteiger partial charge is 0.326 e. The summed E-state index contributed by atoms with van der Waals surface area (Å²) in [6.07, 6.45) is 2.38. The minimum Gasteiger partial charge on any atom is -0.326 e. The van der Waals surface area contributed by atoms with Gasteiger partial charge in [-0.3, -0.25) is 14.4 Å². The van der Waals surface area contributed by atoms with Crippen LogP contribution in [0.5, 0.6) is 0 Å². The van der Waals surface area contributed by atoms with Gasteiger partial charge < -0.3 is 10.6 Å². The molecule has 4 aromatic rings. The van der Waals surface area contributed by atoms with Gasteiger partial charge in [-0.1, -0.05) is 111 Å². The predicted molar refractivity (Wildman–Crippen MR) is 159 cm³/mol. The number of carbonyl (C=O) groups is 3. The summed E-state index contributed by atoms with van der Waals surface area (Å²) in [5.41, 5.74) is 4.82. The fraction of sp³-hybridized carbons (Fsp3) is 0.206. The van der Waals surface area contributed by atoms with Crippen molar-refractivity contribution >= 4 is 29.0 Å². The Hall–Kier alpha value is -4.51. The van der Waals surface area contributed by atoms with Gasteiger partial charge in [-0.2, -0.15) is 0 Å². The SMILES string of the molecule is CCC.Cc1ccc(CC(=O)Nc2ccc(NC(=O)CCc3ccccc3)cc2C(=O)c2ccccc2)cc1. The molecule has 200 valence electrons. The van der Waals surface area contributed by atoms with Gasteiger partial charge in [-0.25, -0.2) is 0 Å². The molecule has 39 heavy (non-hydrogen) atoms. The van der Waals surface area contributed by atoms with Crippen molar-refractivity contribution in [1.82, 2.24) is 0 Å². The second kappa shape index (κ2) is 15.0. The summed E-state index contributed by atoms with van der Waals surface area (Å²) in [4.78, 5) is 38.7. The predicted octanol–water partition coefficient (Wildman–Crippen LogP) is 7.39. The van der Waals surface area contributed by atoms with Crippen LogP contribution in [0.25, 0.3) is 0 Å². The summed E-state index contributed by atoms with van der Waals surface area (Å²) in [6, 6.07) is 31.4. The molecule has 2 amide bonds. The highest BCUT2D eigenvalue weighted by atomic mass is 16.2. The topological polar surface area (TPSA) is 75.3 Å². The standard InChI is InChI=1S/C31H28N2O3.C3H8/c1-22-12-14-24(15-13-22)20-30(35)33-28-18-17-26(21-27(28)31(36)25-10-6-3-7-11-25)32-29(34)19-16-23-8-4-2-5-9-23;1-3-2/h2-15,17-18,21H,16,19-20H2,1H3,(H,32,34)(H,33,35);3H2,1-2H3. The summed E-state index contributed by atoms with van der Waals surface area (Å²) in [6.45, 7) is 6.24. The highest BCUT2D eigenvalue weighted by Crippen LogP contribution is 2.24. The van der Waals surface area contributed by atoms with Crippen LogP contribution in [-0.4, -0.2) is 17.6 Å². The van der Waals surface area contributed by atoms with E-state index in [0.29, 0.717) is 35.3 Å². The van der Waals surface area contributed by atoms with Crippen molar-refractivity contribution < 1.29 is 14.4 Å². The fourth-order valence-electron chi connectivity index (χ4n) is 3.88. The number of nitrogens with one attached hydrogen (secondary N) is 2. The molecule has 0 spiro atoms. The van der Waals surface area contributed by atoms with E-state index in [1.807, 2.05) is 67.6 Å². The van der Waals surface area contributed by atoms with E-state index >= 15 is 0 Å². The second-order valence-corrected chi connectivity index (χ2v) is 9.41. The first-order valence-electron chi connectivity index (χ1n) is 13.3. The summed E-state index contributed by atoms with van der Waals surface area (Å²) in [5.74, 6) is -0.602. The number of anilines is 2. The maximum atomic E-state index is 13.3. The van der Waals surface area contributed by atoms with Crippen LogP contribution in [0.4, 0.5) is 11.4 Å². The Labute approximate surface area is 231 Å². The Kier molecular flexibility index (Phi) is 11.2. The van der Waals surface area contributed by atoms with Gasteiger partial charge in [0.25, 0.3) is 0 Å². The number of carbonyl (C=O) groups excluding carboxylic acids is 3. The summed E-state index contributed by atoms with van der Waals surface area (Å²) in [7, 11) is 0. The molecule has 5 heteroatoms. The number of amides is 2. The average Bonchev–Trinajstić information content (AvgIpc) is 2.95.